The summed E-state index contributed by atoms with van der Waals surface area (Å²) in [6, 6.07) is -3.70. The summed E-state index contributed by atoms with van der Waals surface area (Å²) in [6.07, 6.45) is -0.995. The molecule has 0 bridgehead atoms. The molecule has 0 fully saturated rings. The zero-order chi connectivity index (χ0) is 20.4. The van der Waals surface area contributed by atoms with Crippen LogP contribution < -0.4 is 16.4 Å². The van der Waals surface area contributed by atoms with Gasteiger partial charge >= 0.3 is 17.9 Å². The predicted octanol–water partition coefficient (Wildman–Crippen LogP) is -1.25. The Morgan fingerprint density at radius 2 is 1.31 bits per heavy atom. The summed E-state index contributed by atoms with van der Waals surface area (Å²) in [5, 5.41) is 31.2. The average Bonchev–Trinajstić information content (AvgIpc) is 2.52. The number of carbonyl (C=O) groups is 5. The van der Waals surface area contributed by atoms with Crippen LogP contribution in [-0.4, -0.2) is 63.2 Å². The third-order valence-corrected chi connectivity index (χ3v) is 3.54. The van der Waals surface area contributed by atoms with Gasteiger partial charge in [-0.05, 0) is 18.8 Å². The van der Waals surface area contributed by atoms with Crippen LogP contribution in [0.4, 0.5) is 0 Å². The number of carboxylic acids is 3. The molecule has 11 nitrogen and oxygen atoms in total. The quantitative estimate of drug-likeness (QED) is 0.241. The predicted molar refractivity (Wildman–Crippen MR) is 88.1 cm³/mol. The van der Waals surface area contributed by atoms with Crippen molar-refractivity contribution in [3.63, 3.8) is 0 Å². The Labute approximate surface area is 149 Å². The van der Waals surface area contributed by atoms with Crippen molar-refractivity contribution in [3.8, 4) is 0 Å². The zero-order valence-electron chi connectivity index (χ0n) is 14.6. The van der Waals surface area contributed by atoms with Crippen molar-refractivity contribution in [2.75, 3.05) is 0 Å². The van der Waals surface area contributed by atoms with E-state index in [1.807, 2.05) is 0 Å². The molecule has 0 aliphatic heterocycles. The van der Waals surface area contributed by atoms with Gasteiger partial charge in [-0.2, -0.15) is 0 Å². The normalized spacial score (nSPS) is 14.2. The van der Waals surface area contributed by atoms with Crippen LogP contribution in [0.25, 0.3) is 0 Å². The van der Waals surface area contributed by atoms with Gasteiger partial charge in [0.2, 0.25) is 11.8 Å². The molecule has 148 valence electrons. The van der Waals surface area contributed by atoms with Gasteiger partial charge in [0.25, 0.3) is 0 Å². The maximum Gasteiger partial charge on any atom is 0.326 e. The summed E-state index contributed by atoms with van der Waals surface area (Å²) in [6.45, 7) is 3.22. The van der Waals surface area contributed by atoms with Crippen LogP contribution in [0.5, 0.6) is 0 Å². The van der Waals surface area contributed by atoms with Gasteiger partial charge in [0.15, 0.2) is 0 Å². The minimum absolute atomic E-state index is 0.164. The lowest BCUT2D eigenvalue weighted by Crippen LogP contribution is -2.46. The number of hydrogen-bond acceptors (Lipinski definition) is 6. The van der Waals surface area contributed by atoms with E-state index >= 15 is 0 Å². The second-order valence-electron chi connectivity index (χ2n) is 6.11. The molecule has 0 saturated heterocycles. The van der Waals surface area contributed by atoms with Gasteiger partial charge in [-0.25, -0.2) is 9.59 Å². The first-order valence-corrected chi connectivity index (χ1v) is 7.98. The molecule has 0 aliphatic carbocycles. The molecule has 2 amide bonds. The second kappa shape index (κ2) is 11.0. The number of hydrogen-bond donors (Lipinski definition) is 6. The first-order chi connectivity index (χ1) is 12.0. The highest BCUT2D eigenvalue weighted by molar-refractivity contribution is 5.86. The van der Waals surface area contributed by atoms with E-state index in [0.717, 1.165) is 0 Å². The fourth-order valence-corrected chi connectivity index (χ4v) is 1.97. The SMILES string of the molecule is CC(C)[C@H](NC(=O)CC[C@H](NC(=O)CC[C@H](N)C(=O)O)C(=O)O)C(=O)O. The number of rotatable bonds is 12. The fraction of sp³-hybridized carbons (Fsp3) is 0.667. The van der Waals surface area contributed by atoms with Crippen molar-refractivity contribution in [2.45, 2.75) is 57.7 Å². The molecular formula is C15H25N3O8. The highest BCUT2D eigenvalue weighted by Crippen LogP contribution is 2.05. The Bertz CT molecular complexity index is 549. The first kappa shape index (κ1) is 23.3. The van der Waals surface area contributed by atoms with E-state index in [-0.39, 0.29) is 31.6 Å². The van der Waals surface area contributed by atoms with Crippen molar-refractivity contribution >= 4 is 29.7 Å². The second-order valence-corrected chi connectivity index (χ2v) is 6.11. The van der Waals surface area contributed by atoms with E-state index in [2.05, 4.69) is 10.6 Å². The van der Waals surface area contributed by atoms with Crippen LogP contribution >= 0.6 is 0 Å². The van der Waals surface area contributed by atoms with Gasteiger partial charge < -0.3 is 31.7 Å². The molecule has 3 atom stereocenters. The van der Waals surface area contributed by atoms with Crippen LogP contribution in [0.3, 0.4) is 0 Å². The largest absolute Gasteiger partial charge is 0.480 e. The number of carbonyl (C=O) groups excluding carboxylic acids is 2. The molecule has 0 aromatic carbocycles. The van der Waals surface area contributed by atoms with Gasteiger partial charge in [0.1, 0.15) is 18.1 Å². The summed E-state index contributed by atoms with van der Waals surface area (Å²) in [5.41, 5.74) is 5.25. The molecule has 7 N–H and O–H groups in total. The first-order valence-electron chi connectivity index (χ1n) is 7.98. The topological polar surface area (TPSA) is 196 Å². The molecule has 0 heterocycles. The van der Waals surface area contributed by atoms with E-state index in [1.165, 1.54) is 0 Å². The van der Waals surface area contributed by atoms with E-state index in [0.29, 0.717) is 0 Å². The number of nitrogens with two attached hydrogens (primary N) is 1. The molecule has 26 heavy (non-hydrogen) atoms. The van der Waals surface area contributed by atoms with Crippen molar-refractivity contribution < 1.29 is 39.3 Å². The van der Waals surface area contributed by atoms with E-state index < -0.39 is 47.8 Å². The lowest BCUT2D eigenvalue weighted by atomic mass is 10.0. The average molecular weight is 375 g/mol. The highest BCUT2D eigenvalue weighted by Gasteiger charge is 2.25. The van der Waals surface area contributed by atoms with Crippen LogP contribution in [0.15, 0.2) is 0 Å². The van der Waals surface area contributed by atoms with Crippen LogP contribution in [-0.2, 0) is 24.0 Å². The van der Waals surface area contributed by atoms with Gasteiger partial charge in [-0.3, -0.25) is 14.4 Å². The molecule has 11 heteroatoms. The number of amides is 2. The summed E-state index contributed by atoms with van der Waals surface area (Å²) in [5.74, 6) is -5.56. The molecule has 0 unspecified atom stereocenters. The Kier molecular flexibility index (Phi) is 9.89. The third kappa shape index (κ3) is 8.97. The zero-order valence-corrected chi connectivity index (χ0v) is 14.6. The summed E-state index contributed by atoms with van der Waals surface area (Å²) in [4.78, 5) is 56.3. The van der Waals surface area contributed by atoms with Crippen molar-refractivity contribution in [2.24, 2.45) is 11.7 Å². The van der Waals surface area contributed by atoms with Gasteiger partial charge in [0, 0.05) is 12.8 Å². The fourth-order valence-electron chi connectivity index (χ4n) is 1.97. The standard InChI is InChI=1S/C15H25N3O8/c1-7(2)12(15(25)26)18-11(20)6-4-9(14(23)24)17-10(19)5-3-8(16)13(21)22/h7-9,12H,3-6,16H2,1-2H3,(H,17,19)(H,18,20)(H,21,22)(H,23,24)(H,25,26)/t8-,9-,12-/m0/s1. The Balaban J connectivity index is 4.53. The summed E-state index contributed by atoms with van der Waals surface area (Å²) < 4.78 is 0. The lowest BCUT2D eigenvalue weighted by Gasteiger charge is -2.19. The number of carboxylic acid groups (broad SMARTS) is 3. The smallest absolute Gasteiger partial charge is 0.326 e. The monoisotopic (exact) mass is 375 g/mol. The number of nitrogens with one attached hydrogen (secondary N) is 2. The minimum Gasteiger partial charge on any atom is -0.480 e. The van der Waals surface area contributed by atoms with Crippen LogP contribution in [0.2, 0.25) is 0 Å². The molecule has 0 rings (SSSR count). The molecule has 0 aromatic heterocycles. The maximum absolute atomic E-state index is 11.8. The van der Waals surface area contributed by atoms with E-state index in [9.17, 15) is 24.0 Å². The van der Waals surface area contributed by atoms with Crippen molar-refractivity contribution in [3.05, 3.63) is 0 Å². The van der Waals surface area contributed by atoms with E-state index in [4.69, 9.17) is 21.1 Å². The highest BCUT2D eigenvalue weighted by atomic mass is 16.4. The molecular weight excluding hydrogens is 350 g/mol. The van der Waals surface area contributed by atoms with Crippen molar-refractivity contribution in [1.29, 1.82) is 0 Å². The summed E-state index contributed by atoms with van der Waals surface area (Å²) >= 11 is 0. The summed E-state index contributed by atoms with van der Waals surface area (Å²) in [7, 11) is 0. The molecule has 0 aromatic rings. The molecule has 0 radical (unpaired) electrons. The maximum atomic E-state index is 11.8. The van der Waals surface area contributed by atoms with Gasteiger partial charge in [0.05, 0.1) is 0 Å². The minimum atomic E-state index is -1.37. The van der Waals surface area contributed by atoms with Crippen LogP contribution in [0.1, 0.15) is 39.5 Å². The van der Waals surface area contributed by atoms with Crippen LogP contribution in [0, 0.1) is 5.92 Å². The molecule has 0 spiro atoms. The Morgan fingerprint density at radius 1 is 0.808 bits per heavy atom. The van der Waals surface area contributed by atoms with Crippen molar-refractivity contribution in [1.82, 2.24) is 10.6 Å². The Hall–Kier alpha value is -2.69. The van der Waals surface area contributed by atoms with E-state index in [1.54, 1.807) is 13.8 Å². The number of aliphatic carboxylic acids is 3. The molecule has 0 aliphatic rings. The van der Waals surface area contributed by atoms with Gasteiger partial charge in [-0.15, -0.1) is 0 Å². The lowest BCUT2D eigenvalue weighted by molar-refractivity contribution is -0.144. The molecule has 0 saturated carbocycles. The Morgan fingerprint density at radius 3 is 1.73 bits per heavy atom. The third-order valence-electron chi connectivity index (χ3n) is 3.54. The van der Waals surface area contributed by atoms with Gasteiger partial charge in [-0.1, -0.05) is 13.8 Å².